The van der Waals surface area contributed by atoms with Crippen LogP contribution < -0.4 is 10.6 Å². The molecule has 0 unspecified atom stereocenters. The number of imidazole rings is 1. The predicted molar refractivity (Wildman–Crippen MR) is 136 cm³/mol. The quantitative estimate of drug-likeness (QED) is 0.378. The Morgan fingerprint density at radius 2 is 1.83 bits per heavy atom. The maximum Gasteiger partial charge on any atom is 0.308 e. The number of nitrogens with zero attached hydrogens (tertiary/aromatic N) is 5. The van der Waals surface area contributed by atoms with Crippen LogP contribution in [0.3, 0.4) is 0 Å². The SMILES string of the molecule is CC(C)C[C@@H](Nc1cc(-c2nccn2S(=O)(=O)N(C)C)nc(Cl)n1)C(=O)NCc1ccc(Cl)cc1. The van der Waals surface area contributed by atoms with E-state index in [1.165, 1.54) is 32.6 Å². The summed E-state index contributed by atoms with van der Waals surface area (Å²) in [6.45, 7) is 4.34. The molecule has 1 aromatic carbocycles. The van der Waals surface area contributed by atoms with Crippen LogP contribution in [0.15, 0.2) is 42.7 Å². The van der Waals surface area contributed by atoms with Gasteiger partial charge in [-0.05, 0) is 41.6 Å². The highest BCUT2D eigenvalue weighted by molar-refractivity contribution is 7.87. The van der Waals surface area contributed by atoms with E-state index in [0.29, 0.717) is 18.0 Å². The van der Waals surface area contributed by atoms with Crippen molar-refractivity contribution in [1.82, 2.24) is 28.5 Å². The topological polar surface area (TPSA) is 122 Å². The second kappa shape index (κ2) is 11.3. The molecule has 3 rings (SSSR count). The van der Waals surface area contributed by atoms with Crippen molar-refractivity contribution in [2.24, 2.45) is 5.92 Å². The lowest BCUT2D eigenvalue weighted by Gasteiger charge is -2.21. The summed E-state index contributed by atoms with van der Waals surface area (Å²) < 4.78 is 27.4. The summed E-state index contributed by atoms with van der Waals surface area (Å²) in [6, 6.07) is 8.10. The van der Waals surface area contributed by atoms with E-state index in [0.717, 1.165) is 13.8 Å². The van der Waals surface area contributed by atoms with Crippen LogP contribution in [0.25, 0.3) is 11.5 Å². The number of halogens is 2. The van der Waals surface area contributed by atoms with Crippen LogP contribution >= 0.6 is 23.2 Å². The van der Waals surface area contributed by atoms with Gasteiger partial charge in [0.2, 0.25) is 11.2 Å². The third-order valence-electron chi connectivity index (χ3n) is 4.97. The fourth-order valence-electron chi connectivity index (χ4n) is 3.24. The average Bonchev–Trinajstić information content (AvgIpc) is 3.28. The Labute approximate surface area is 214 Å². The predicted octanol–water partition coefficient (Wildman–Crippen LogP) is 3.44. The van der Waals surface area contributed by atoms with E-state index in [2.05, 4.69) is 25.6 Å². The van der Waals surface area contributed by atoms with Crippen molar-refractivity contribution in [2.45, 2.75) is 32.9 Å². The zero-order chi connectivity index (χ0) is 25.8. The van der Waals surface area contributed by atoms with Gasteiger partial charge in [-0.2, -0.15) is 12.7 Å². The molecule has 10 nitrogen and oxygen atoms in total. The standard InChI is InChI=1S/C22H27Cl2N7O3S/c1-14(2)11-18(21(32)26-13-15-5-7-16(23)8-6-15)27-19-12-17(28-22(24)29-19)20-25-9-10-31(20)35(33,34)30(3)4/h5-10,12,14,18H,11,13H2,1-4H3,(H,26,32)(H,27,28,29)/t18-/m1/s1. The highest BCUT2D eigenvalue weighted by Crippen LogP contribution is 2.23. The van der Waals surface area contributed by atoms with Gasteiger partial charge in [-0.15, -0.1) is 0 Å². The molecular formula is C22H27Cl2N7O3S. The number of nitrogens with one attached hydrogen (secondary N) is 2. The maximum atomic E-state index is 13.0. The molecule has 1 atom stereocenters. The van der Waals surface area contributed by atoms with E-state index >= 15 is 0 Å². The fraction of sp³-hybridized carbons (Fsp3) is 0.364. The van der Waals surface area contributed by atoms with Gasteiger partial charge in [-0.1, -0.05) is 37.6 Å². The van der Waals surface area contributed by atoms with Gasteiger partial charge in [-0.3, -0.25) is 4.79 Å². The van der Waals surface area contributed by atoms with Crippen molar-refractivity contribution >= 4 is 45.1 Å². The monoisotopic (exact) mass is 539 g/mol. The highest BCUT2D eigenvalue weighted by atomic mass is 35.5. The van der Waals surface area contributed by atoms with E-state index in [1.807, 2.05) is 26.0 Å². The first-order chi connectivity index (χ1) is 16.5. The molecule has 2 aromatic heterocycles. The van der Waals surface area contributed by atoms with Crippen LogP contribution in [-0.2, 0) is 21.5 Å². The Morgan fingerprint density at radius 1 is 1.14 bits per heavy atom. The molecule has 0 aliphatic carbocycles. The summed E-state index contributed by atoms with van der Waals surface area (Å²) in [7, 11) is -1.01. The van der Waals surface area contributed by atoms with Crippen molar-refractivity contribution in [3.05, 3.63) is 58.6 Å². The third-order valence-corrected chi connectivity index (χ3v) is 7.11. The number of aromatic nitrogens is 4. The Morgan fingerprint density at radius 3 is 2.46 bits per heavy atom. The van der Waals surface area contributed by atoms with Crippen molar-refractivity contribution in [3.63, 3.8) is 0 Å². The summed E-state index contributed by atoms with van der Waals surface area (Å²) in [4.78, 5) is 25.5. The van der Waals surface area contributed by atoms with Crippen LogP contribution in [-0.4, -0.2) is 57.7 Å². The van der Waals surface area contributed by atoms with Crippen LogP contribution in [0.1, 0.15) is 25.8 Å². The van der Waals surface area contributed by atoms with Gasteiger partial charge in [0.15, 0.2) is 5.82 Å². The largest absolute Gasteiger partial charge is 0.358 e. The molecule has 0 radical (unpaired) electrons. The molecule has 0 aliphatic heterocycles. The number of carbonyl (C=O) groups is 1. The maximum absolute atomic E-state index is 13.0. The molecule has 2 N–H and O–H groups in total. The highest BCUT2D eigenvalue weighted by Gasteiger charge is 2.24. The first-order valence-electron chi connectivity index (χ1n) is 10.8. The van der Waals surface area contributed by atoms with Gasteiger partial charge in [-0.25, -0.2) is 18.9 Å². The summed E-state index contributed by atoms with van der Waals surface area (Å²) in [5.41, 5.74) is 1.10. The van der Waals surface area contributed by atoms with E-state index in [-0.39, 0.29) is 34.4 Å². The molecule has 0 aliphatic rings. The zero-order valence-electron chi connectivity index (χ0n) is 19.7. The second-order valence-electron chi connectivity index (χ2n) is 8.42. The van der Waals surface area contributed by atoms with Crippen molar-refractivity contribution < 1.29 is 13.2 Å². The Kier molecular flexibility index (Phi) is 8.70. The number of rotatable bonds is 10. The number of benzene rings is 1. The Hall–Kier alpha value is -2.73. The van der Waals surface area contributed by atoms with Gasteiger partial charge in [0, 0.05) is 44.1 Å². The van der Waals surface area contributed by atoms with E-state index in [4.69, 9.17) is 23.2 Å². The number of amides is 1. The van der Waals surface area contributed by atoms with Gasteiger partial charge < -0.3 is 10.6 Å². The smallest absolute Gasteiger partial charge is 0.308 e. The normalized spacial score (nSPS) is 12.7. The van der Waals surface area contributed by atoms with Crippen LogP contribution in [0.5, 0.6) is 0 Å². The minimum Gasteiger partial charge on any atom is -0.358 e. The molecule has 188 valence electrons. The third kappa shape index (κ3) is 6.91. The summed E-state index contributed by atoms with van der Waals surface area (Å²) in [5.74, 6) is 0.319. The minimum absolute atomic E-state index is 0.0682. The van der Waals surface area contributed by atoms with Gasteiger partial charge >= 0.3 is 10.2 Å². The first kappa shape index (κ1) is 26.9. The molecule has 0 saturated heterocycles. The van der Waals surface area contributed by atoms with Crippen LogP contribution in [0, 0.1) is 5.92 Å². The minimum atomic E-state index is -3.84. The first-order valence-corrected chi connectivity index (χ1v) is 12.9. The number of hydrogen-bond donors (Lipinski definition) is 2. The number of anilines is 1. The van der Waals surface area contributed by atoms with Crippen molar-refractivity contribution in [3.8, 4) is 11.5 Å². The molecule has 3 aromatic rings. The average molecular weight is 540 g/mol. The summed E-state index contributed by atoms with van der Waals surface area (Å²) in [6.07, 6.45) is 3.19. The van der Waals surface area contributed by atoms with E-state index in [1.54, 1.807) is 12.1 Å². The summed E-state index contributed by atoms with van der Waals surface area (Å²) >= 11 is 12.1. The molecule has 13 heteroatoms. The van der Waals surface area contributed by atoms with Gasteiger partial charge in [0.05, 0.1) is 0 Å². The zero-order valence-corrected chi connectivity index (χ0v) is 22.1. The van der Waals surface area contributed by atoms with Crippen LogP contribution in [0.2, 0.25) is 10.3 Å². The van der Waals surface area contributed by atoms with Crippen molar-refractivity contribution in [2.75, 3.05) is 19.4 Å². The molecule has 0 bridgehead atoms. The lowest BCUT2D eigenvalue weighted by atomic mass is 10.0. The molecule has 1 amide bonds. The van der Waals surface area contributed by atoms with Crippen LogP contribution in [0.4, 0.5) is 5.82 Å². The Bertz CT molecular complexity index is 1280. The second-order valence-corrected chi connectivity index (χ2v) is 11.2. The fourth-order valence-corrected chi connectivity index (χ4v) is 4.46. The summed E-state index contributed by atoms with van der Waals surface area (Å²) in [5, 5.41) is 6.54. The molecule has 0 saturated carbocycles. The van der Waals surface area contributed by atoms with E-state index in [9.17, 15) is 13.2 Å². The molecular weight excluding hydrogens is 513 g/mol. The van der Waals surface area contributed by atoms with Crippen molar-refractivity contribution in [1.29, 1.82) is 0 Å². The van der Waals surface area contributed by atoms with E-state index < -0.39 is 16.3 Å². The number of carbonyl (C=O) groups excluding carboxylic acids is 1. The molecule has 0 spiro atoms. The Balaban J connectivity index is 1.85. The molecule has 35 heavy (non-hydrogen) atoms. The van der Waals surface area contributed by atoms with Gasteiger partial charge in [0.25, 0.3) is 0 Å². The lowest BCUT2D eigenvalue weighted by molar-refractivity contribution is -0.122. The van der Waals surface area contributed by atoms with Gasteiger partial charge in [0.1, 0.15) is 17.6 Å². The lowest BCUT2D eigenvalue weighted by Crippen LogP contribution is -2.40. The number of hydrogen-bond acceptors (Lipinski definition) is 7. The molecule has 0 fully saturated rings. The molecule has 2 heterocycles.